The Morgan fingerprint density at radius 1 is 0.947 bits per heavy atom. The molecule has 0 saturated carbocycles. The first-order chi connectivity index (χ1) is 9.29. The minimum atomic E-state index is -0.437. The number of ether oxygens (including phenoxy) is 2. The zero-order valence-corrected chi connectivity index (χ0v) is 10.6. The predicted molar refractivity (Wildman–Crippen MR) is 74.1 cm³/mol. The first kappa shape index (κ1) is 12.9. The second-order valence-corrected chi connectivity index (χ2v) is 3.82. The standard InChI is InChI=1S/C16H14O3/c1-18-14-9-5-6-10-15(14)19-16(17)12-11-13-7-3-2-4-8-13/h2-12H,1H3/b12-11-. The molecule has 0 fully saturated rings. The number of rotatable bonds is 4. The minimum absolute atomic E-state index is 0.410. The maximum atomic E-state index is 11.7. The van der Waals surface area contributed by atoms with Gasteiger partial charge in [0.2, 0.25) is 0 Å². The van der Waals surface area contributed by atoms with E-state index in [1.54, 1.807) is 24.3 Å². The van der Waals surface area contributed by atoms with Gasteiger partial charge >= 0.3 is 5.97 Å². The van der Waals surface area contributed by atoms with E-state index in [2.05, 4.69) is 0 Å². The fourth-order valence-corrected chi connectivity index (χ4v) is 1.57. The summed E-state index contributed by atoms with van der Waals surface area (Å²) < 4.78 is 10.3. The van der Waals surface area contributed by atoms with Crippen molar-refractivity contribution in [1.29, 1.82) is 0 Å². The molecule has 0 spiro atoms. The summed E-state index contributed by atoms with van der Waals surface area (Å²) in [6.07, 6.45) is 3.10. The number of para-hydroxylation sites is 2. The Hall–Kier alpha value is -2.55. The summed E-state index contributed by atoms with van der Waals surface area (Å²) in [7, 11) is 1.53. The Kier molecular flexibility index (Phi) is 4.34. The van der Waals surface area contributed by atoms with Crippen LogP contribution in [0.25, 0.3) is 6.08 Å². The number of benzene rings is 2. The molecule has 3 heteroatoms. The molecule has 2 aromatic rings. The van der Waals surface area contributed by atoms with Crippen LogP contribution >= 0.6 is 0 Å². The highest BCUT2D eigenvalue weighted by Crippen LogP contribution is 2.25. The molecule has 0 heterocycles. The lowest BCUT2D eigenvalue weighted by atomic mass is 10.2. The smallest absolute Gasteiger partial charge is 0.336 e. The van der Waals surface area contributed by atoms with Gasteiger partial charge in [0.1, 0.15) is 0 Å². The van der Waals surface area contributed by atoms with Crippen LogP contribution in [-0.4, -0.2) is 13.1 Å². The minimum Gasteiger partial charge on any atom is -0.493 e. The highest BCUT2D eigenvalue weighted by atomic mass is 16.6. The molecule has 2 aromatic carbocycles. The molecule has 0 amide bonds. The van der Waals surface area contributed by atoms with E-state index in [0.29, 0.717) is 11.5 Å². The normalized spacial score (nSPS) is 10.4. The van der Waals surface area contributed by atoms with Crippen molar-refractivity contribution in [3.05, 3.63) is 66.2 Å². The molecular formula is C16H14O3. The SMILES string of the molecule is COc1ccccc1OC(=O)/C=C\c1ccccc1. The lowest BCUT2D eigenvalue weighted by Gasteiger charge is -2.06. The van der Waals surface area contributed by atoms with Crippen LogP contribution in [0, 0.1) is 0 Å². The van der Waals surface area contributed by atoms with E-state index < -0.39 is 5.97 Å². The van der Waals surface area contributed by atoms with E-state index in [1.165, 1.54) is 13.2 Å². The van der Waals surface area contributed by atoms with Crippen LogP contribution < -0.4 is 9.47 Å². The number of carbonyl (C=O) groups excluding carboxylic acids is 1. The van der Waals surface area contributed by atoms with Gasteiger partial charge in [0.15, 0.2) is 11.5 Å². The van der Waals surface area contributed by atoms with Gasteiger partial charge in [-0.25, -0.2) is 4.79 Å². The fraction of sp³-hybridized carbons (Fsp3) is 0.0625. The quantitative estimate of drug-likeness (QED) is 0.477. The summed E-state index contributed by atoms with van der Waals surface area (Å²) >= 11 is 0. The van der Waals surface area contributed by atoms with Gasteiger partial charge in [-0.3, -0.25) is 0 Å². The molecule has 0 aromatic heterocycles. The van der Waals surface area contributed by atoms with Crippen molar-refractivity contribution in [2.45, 2.75) is 0 Å². The lowest BCUT2D eigenvalue weighted by molar-refractivity contribution is -0.129. The maximum Gasteiger partial charge on any atom is 0.336 e. The average molecular weight is 254 g/mol. The summed E-state index contributed by atoms with van der Waals surface area (Å²) in [5.41, 5.74) is 0.944. The molecule has 0 aliphatic rings. The van der Waals surface area contributed by atoms with Crippen molar-refractivity contribution in [3.8, 4) is 11.5 Å². The molecule has 19 heavy (non-hydrogen) atoms. The van der Waals surface area contributed by atoms with Crippen LogP contribution in [0.5, 0.6) is 11.5 Å². The van der Waals surface area contributed by atoms with E-state index in [4.69, 9.17) is 9.47 Å². The number of carbonyl (C=O) groups is 1. The van der Waals surface area contributed by atoms with Crippen molar-refractivity contribution in [1.82, 2.24) is 0 Å². The topological polar surface area (TPSA) is 35.5 Å². The molecule has 3 nitrogen and oxygen atoms in total. The second kappa shape index (κ2) is 6.40. The predicted octanol–water partition coefficient (Wildman–Crippen LogP) is 3.31. The summed E-state index contributed by atoms with van der Waals surface area (Å²) in [5.74, 6) is 0.505. The third kappa shape index (κ3) is 3.71. The van der Waals surface area contributed by atoms with Crippen LogP contribution in [0.4, 0.5) is 0 Å². The van der Waals surface area contributed by atoms with Gasteiger partial charge in [-0.05, 0) is 23.8 Å². The highest BCUT2D eigenvalue weighted by Gasteiger charge is 2.06. The third-order valence-electron chi connectivity index (χ3n) is 2.49. The van der Waals surface area contributed by atoms with Crippen molar-refractivity contribution >= 4 is 12.0 Å². The molecule has 2 rings (SSSR count). The molecule has 0 atom stereocenters. The first-order valence-corrected chi connectivity index (χ1v) is 5.87. The molecule has 0 radical (unpaired) electrons. The van der Waals surface area contributed by atoms with Gasteiger partial charge in [0.25, 0.3) is 0 Å². The van der Waals surface area contributed by atoms with Gasteiger partial charge in [-0.15, -0.1) is 0 Å². The van der Waals surface area contributed by atoms with Gasteiger partial charge in [0, 0.05) is 6.08 Å². The fourth-order valence-electron chi connectivity index (χ4n) is 1.57. The van der Waals surface area contributed by atoms with Crippen molar-refractivity contribution in [3.63, 3.8) is 0 Å². The molecule has 96 valence electrons. The van der Waals surface area contributed by atoms with Crippen molar-refractivity contribution in [2.75, 3.05) is 7.11 Å². The van der Waals surface area contributed by atoms with E-state index in [9.17, 15) is 4.79 Å². The molecule has 0 unspecified atom stereocenters. The van der Waals surface area contributed by atoms with Gasteiger partial charge in [-0.2, -0.15) is 0 Å². The largest absolute Gasteiger partial charge is 0.493 e. The Morgan fingerprint density at radius 3 is 2.26 bits per heavy atom. The molecule has 0 bridgehead atoms. The zero-order chi connectivity index (χ0) is 13.5. The highest BCUT2D eigenvalue weighted by molar-refractivity contribution is 5.89. The number of hydrogen-bond donors (Lipinski definition) is 0. The number of hydrogen-bond acceptors (Lipinski definition) is 3. The van der Waals surface area contributed by atoms with E-state index >= 15 is 0 Å². The molecule has 0 saturated heterocycles. The Bertz CT molecular complexity index is 574. The van der Waals surface area contributed by atoms with Crippen LogP contribution in [0.1, 0.15) is 5.56 Å². The van der Waals surface area contributed by atoms with Crippen LogP contribution in [0.3, 0.4) is 0 Å². The van der Waals surface area contributed by atoms with Crippen LogP contribution in [0.15, 0.2) is 60.7 Å². The summed E-state index contributed by atoms with van der Waals surface area (Å²) in [6.45, 7) is 0. The summed E-state index contributed by atoms with van der Waals surface area (Å²) in [4.78, 5) is 11.7. The molecule has 0 aliphatic heterocycles. The number of esters is 1. The summed E-state index contributed by atoms with van der Waals surface area (Å²) in [6, 6.07) is 16.6. The zero-order valence-electron chi connectivity index (χ0n) is 10.6. The molecular weight excluding hydrogens is 240 g/mol. The third-order valence-corrected chi connectivity index (χ3v) is 2.49. The monoisotopic (exact) mass is 254 g/mol. The number of methoxy groups -OCH3 is 1. The second-order valence-electron chi connectivity index (χ2n) is 3.82. The molecule has 0 N–H and O–H groups in total. The van der Waals surface area contributed by atoms with E-state index in [1.807, 2.05) is 36.4 Å². The van der Waals surface area contributed by atoms with Crippen LogP contribution in [0.2, 0.25) is 0 Å². The Balaban J connectivity index is 2.04. The molecule has 0 aliphatic carbocycles. The summed E-state index contributed by atoms with van der Waals surface area (Å²) in [5, 5.41) is 0. The Labute approximate surface area is 112 Å². The average Bonchev–Trinajstić information content (AvgIpc) is 2.47. The van der Waals surface area contributed by atoms with Gasteiger partial charge in [-0.1, -0.05) is 42.5 Å². The van der Waals surface area contributed by atoms with E-state index in [0.717, 1.165) is 5.56 Å². The Morgan fingerprint density at radius 2 is 1.58 bits per heavy atom. The van der Waals surface area contributed by atoms with Crippen molar-refractivity contribution < 1.29 is 14.3 Å². The van der Waals surface area contributed by atoms with Crippen molar-refractivity contribution in [2.24, 2.45) is 0 Å². The lowest BCUT2D eigenvalue weighted by Crippen LogP contribution is -2.04. The van der Waals surface area contributed by atoms with Gasteiger partial charge < -0.3 is 9.47 Å². The maximum absolute atomic E-state index is 11.7. The first-order valence-electron chi connectivity index (χ1n) is 5.87. The van der Waals surface area contributed by atoms with Gasteiger partial charge in [0.05, 0.1) is 7.11 Å². The van der Waals surface area contributed by atoms with Crippen LogP contribution in [-0.2, 0) is 4.79 Å². The van der Waals surface area contributed by atoms with E-state index in [-0.39, 0.29) is 0 Å².